The Bertz CT molecular complexity index is 392. The van der Waals surface area contributed by atoms with E-state index in [0.717, 1.165) is 6.42 Å². The summed E-state index contributed by atoms with van der Waals surface area (Å²) in [6, 6.07) is -1.95. The van der Waals surface area contributed by atoms with Gasteiger partial charge in [-0.25, -0.2) is 0 Å². The average molecular weight is 383 g/mol. The first-order valence-corrected chi connectivity index (χ1v) is 8.76. The molecular weight excluding hydrogens is 350 g/mol. The van der Waals surface area contributed by atoms with Crippen LogP contribution in [0.4, 0.5) is 0 Å². The van der Waals surface area contributed by atoms with Crippen LogP contribution in [0.5, 0.6) is 0 Å². The number of aliphatic hydroxyl groups excluding tert-OH is 6. The lowest BCUT2D eigenvalue weighted by atomic mass is 9.95. The van der Waals surface area contributed by atoms with Gasteiger partial charge in [0.25, 0.3) is 0 Å². The van der Waals surface area contributed by atoms with E-state index in [0.29, 0.717) is 6.54 Å². The fourth-order valence-corrected chi connectivity index (χ4v) is 2.83. The Morgan fingerprint density at radius 2 is 1.81 bits per heavy atom. The lowest BCUT2D eigenvalue weighted by molar-refractivity contribution is -0.303. The van der Waals surface area contributed by atoms with E-state index in [1.807, 2.05) is 6.92 Å². The molecule has 11 N–H and O–H groups in total. The predicted molar refractivity (Wildman–Crippen MR) is 90.8 cm³/mol. The van der Waals surface area contributed by atoms with Crippen LogP contribution in [-0.4, -0.2) is 112 Å². The van der Waals surface area contributed by atoms with E-state index in [4.69, 9.17) is 26.0 Å². The maximum absolute atomic E-state index is 10.3. The smallest absolute Gasteiger partial charge is 0.187 e. The molecule has 9 atom stereocenters. The Hall–Kier alpha value is -0.440. The molecule has 11 heteroatoms. The van der Waals surface area contributed by atoms with E-state index in [9.17, 15) is 25.5 Å². The molecule has 11 nitrogen and oxygen atoms in total. The Kier molecular flexibility index (Phi) is 10.4. The van der Waals surface area contributed by atoms with Crippen LogP contribution in [0, 0.1) is 0 Å². The Morgan fingerprint density at radius 1 is 1.15 bits per heavy atom. The van der Waals surface area contributed by atoms with E-state index in [-0.39, 0.29) is 6.54 Å². The largest absolute Gasteiger partial charge is 0.394 e. The summed E-state index contributed by atoms with van der Waals surface area (Å²) >= 11 is 0. The fraction of sp³-hybridized carbons (Fsp3) is 1.00. The molecule has 0 aliphatic carbocycles. The minimum absolute atomic E-state index is 0.258. The highest BCUT2D eigenvalue weighted by Crippen LogP contribution is 2.24. The van der Waals surface area contributed by atoms with Crippen LogP contribution in [-0.2, 0) is 9.47 Å². The monoisotopic (exact) mass is 383 g/mol. The number of nitrogens with one attached hydrogen (secondary N) is 1. The van der Waals surface area contributed by atoms with Gasteiger partial charge in [-0.15, -0.1) is 0 Å². The van der Waals surface area contributed by atoms with Crippen LogP contribution in [0.2, 0.25) is 0 Å². The molecule has 1 aliphatic heterocycles. The Morgan fingerprint density at radius 3 is 2.31 bits per heavy atom. The lowest BCUT2D eigenvalue weighted by Crippen LogP contribution is -2.66. The molecule has 0 saturated carbocycles. The molecule has 0 spiro atoms. The van der Waals surface area contributed by atoms with Crippen molar-refractivity contribution in [2.75, 3.05) is 26.3 Å². The van der Waals surface area contributed by atoms with Crippen LogP contribution in [0.25, 0.3) is 0 Å². The van der Waals surface area contributed by atoms with E-state index in [1.165, 1.54) is 0 Å². The van der Waals surface area contributed by atoms with E-state index < -0.39 is 68.2 Å². The number of ether oxygens (including phenoxy) is 2. The third kappa shape index (κ3) is 5.78. The maximum atomic E-state index is 10.3. The van der Waals surface area contributed by atoms with Gasteiger partial charge in [-0.2, -0.15) is 0 Å². The molecule has 26 heavy (non-hydrogen) atoms. The molecular formula is C15H33N3O8. The van der Waals surface area contributed by atoms with Crippen LogP contribution in [0.15, 0.2) is 0 Å². The van der Waals surface area contributed by atoms with E-state index in [2.05, 4.69) is 5.32 Å². The number of nitrogens with two attached hydrogens (primary N) is 2. The average Bonchev–Trinajstić information content (AvgIpc) is 2.66. The fourth-order valence-electron chi connectivity index (χ4n) is 2.83. The Balaban J connectivity index is 2.91. The van der Waals surface area contributed by atoms with Crippen molar-refractivity contribution < 1.29 is 40.1 Å². The van der Waals surface area contributed by atoms with Gasteiger partial charge < -0.3 is 56.9 Å². The summed E-state index contributed by atoms with van der Waals surface area (Å²) in [5.41, 5.74) is 11.2. The lowest BCUT2D eigenvalue weighted by Gasteiger charge is -2.44. The molecule has 0 radical (unpaired) electrons. The van der Waals surface area contributed by atoms with Crippen molar-refractivity contribution in [2.24, 2.45) is 11.5 Å². The molecule has 1 heterocycles. The second-order valence-corrected chi connectivity index (χ2v) is 6.42. The van der Waals surface area contributed by atoms with Crippen molar-refractivity contribution in [1.29, 1.82) is 0 Å². The first-order valence-electron chi connectivity index (χ1n) is 8.76. The standard InChI is InChI=1S/C15H33N3O8/c1-2-3-18-11-9(6-20)25-15(13(24)12(11)23)26-14(7(21)4-16)10(17)8(22)5-19/h7-15,18-24H,2-6,16-17H2,1H3/t7-,8+,9+,10+,11+,12-,13+,14+,15+/m0/s1. The quantitative estimate of drug-likeness (QED) is 0.165. The van der Waals surface area contributed by atoms with Gasteiger partial charge in [0, 0.05) is 6.54 Å². The predicted octanol–water partition coefficient (Wildman–Crippen LogP) is -4.82. The van der Waals surface area contributed by atoms with E-state index in [1.54, 1.807) is 0 Å². The van der Waals surface area contributed by atoms with Gasteiger partial charge in [-0.1, -0.05) is 6.92 Å². The molecule has 0 amide bonds. The van der Waals surface area contributed by atoms with Crippen LogP contribution in [0.1, 0.15) is 13.3 Å². The first kappa shape index (κ1) is 23.6. The van der Waals surface area contributed by atoms with Crippen molar-refractivity contribution in [3.8, 4) is 0 Å². The third-order valence-corrected chi connectivity index (χ3v) is 4.44. The van der Waals surface area contributed by atoms with Gasteiger partial charge in [0.05, 0.1) is 37.5 Å². The van der Waals surface area contributed by atoms with Crippen LogP contribution in [0.3, 0.4) is 0 Å². The summed E-state index contributed by atoms with van der Waals surface area (Å²) in [7, 11) is 0. The van der Waals surface area contributed by atoms with Gasteiger partial charge in [-0.05, 0) is 13.0 Å². The van der Waals surface area contributed by atoms with Gasteiger partial charge in [-0.3, -0.25) is 0 Å². The highest BCUT2D eigenvalue weighted by Gasteiger charge is 2.46. The summed E-state index contributed by atoms with van der Waals surface area (Å²) in [4.78, 5) is 0. The second-order valence-electron chi connectivity index (χ2n) is 6.42. The number of hydrogen-bond donors (Lipinski definition) is 9. The highest BCUT2D eigenvalue weighted by molar-refractivity contribution is 4.95. The third-order valence-electron chi connectivity index (χ3n) is 4.44. The molecule has 156 valence electrons. The molecule has 1 rings (SSSR count). The van der Waals surface area contributed by atoms with Gasteiger partial charge in [0.2, 0.25) is 0 Å². The molecule has 1 saturated heterocycles. The van der Waals surface area contributed by atoms with Crippen molar-refractivity contribution in [3.63, 3.8) is 0 Å². The molecule has 1 aliphatic rings. The summed E-state index contributed by atoms with van der Waals surface area (Å²) in [5.74, 6) is 0. The van der Waals surface area contributed by atoms with Crippen LogP contribution >= 0.6 is 0 Å². The SMILES string of the molecule is CCCN[C@H]1[C@H](O)[C@@H](O)[C@@H](O[C@@H]([C@H](N)[C@H](O)CO)[C@@H](O)CN)O[C@@H]1CO. The minimum Gasteiger partial charge on any atom is -0.394 e. The Labute approximate surface area is 152 Å². The van der Waals surface area contributed by atoms with Crippen LogP contribution < -0.4 is 16.8 Å². The minimum atomic E-state index is -1.50. The van der Waals surface area contributed by atoms with Gasteiger partial charge in [0.1, 0.15) is 24.4 Å². The number of hydrogen-bond acceptors (Lipinski definition) is 11. The zero-order valence-corrected chi connectivity index (χ0v) is 14.9. The number of aliphatic hydroxyl groups is 6. The molecule has 0 bridgehead atoms. The normalized spacial score (nSPS) is 34.3. The number of rotatable bonds is 11. The molecule has 1 fully saturated rings. The summed E-state index contributed by atoms with van der Waals surface area (Å²) in [6.07, 6.45) is -8.35. The summed E-state index contributed by atoms with van der Waals surface area (Å²) in [6.45, 7) is 1.09. The molecule has 0 aromatic rings. The van der Waals surface area contributed by atoms with Crippen molar-refractivity contribution in [3.05, 3.63) is 0 Å². The zero-order valence-electron chi connectivity index (χ0n) is 14.9. The van der Waals surface area contributed by atoms with E-state index >= 15 is 0 Å². The topological polar surface area (TPSA) is 204 Å². The molecule has 0 aromatic carbocycles. The highest BCUT2D eigenvalue weighted by atomic mass is 16.7. The zero-order chi connectivity index (χ0) is 19.9. The van der Waals surface area contributed by atoms with Crippen molar-refractivity contribution >= 4 is 0 Å². The van der Waals surface area contributed by atoms with Crippen molar-refractivity contribution in [2.45, 2.75) is 68.3 Å². The molecule has 0 aromatic heterocycles. The summed E-state index contributed by atoms with van der Waals surface area (Å²) in [5, 5.41) is 62.0. The van der Waals surface area contributed by atoms with Crippen molar-refractivity contribution in [1.82, 2.24) is 5.32 Å². The second kappa shape index (κ2) is 11.4. The molecule has 0 unspecified atom stereocenters. The van der Waals surface area contributed by atoms with Gasteiger partial charge in [0.15, 0.2) is 6.29 Å². The summed E-state index contributed by atoms with van der Waals surface area (Å²) < 4.78 is 11.0. The maximum Gasteiger partial charge on any atom is 0.187 e. The van der Waals surface area contributed by atoms with Gasteiger partial charge >= 0.3 is 0 Å². The first-order chi connectivity index (χ1) is 12.3.